The maximum absolute atomic E-state index is 9.75. The molecule has 0 atom stereocenters. The summed E-state index contributed by atoms with van der Waals surface area (Å²) in [6.07, 6.45) is 1.78. The minimum absolute atomic E-state index is 0. The van der Waals surface area contributed by atoms with E-state index >= 15 is 0 Å². The molecule has 11 heteroatoms. The maximum Gasteiger partial charge on any atom is 1.00 e. The minimum Gasteiger partial charge on any atom is -0.418 e. The quantitative estimate of drug-likeness (QED) is 0.0861. The molecular weight excluding hydrogens is 945 g/mol. The standard InChI is InChI=1S/2C18H15P.C16H11BrN2.BF4.Cu/c2*1-4-10-16(11-5-1)19(17-12-6-2-7-13-17)18-14-8-3-9-15-18;17-13-9-7-12(8-10-13)14-5-3-6-16(19-14)15-4-1-2-11-18-15;2-1(3,4)5;/h2*1-15H;1-11H;;/q;;;-1;+1/p+2. The molecule has 0 unspecified atom stereocenters. The number of nitrogens with zero attached hydrogens (tertiary/aromatic N) is 2. The van der Waals surface area contributed by atoms with Crippen LogP contribution in [0, 0.1) is 0 Å². The number of benzene rings is 7. The molecule has 0 aliphatic carbocycles. The van der Waals surface area contributed by atoms with E-state index in [1.54, 1.807) is 6.20 Å². The van der Waals surface area contributed by atoms with E-state index in [-0.39, 0.29) is 17.1 Å². The van der Waals surface area contributed by atoms with Crippen molar-refractivity contribution >= 4 is 70.9 Å². The Balaban J connectivity index is 0.000000168. The summed E-state index contributed by atoms with van der Waals surface area (Å²) in [5.74, 6) is 0. The number of halogens is 5. The summed E-state index contributed by atoms with van der Waals surface area (Å²) < 4.78 is 40.1. The van der Waals surface area contributed by atoms with Crippen LogP contribution in [0.3, 0.4) is 0 Å². The predicted molar refractivity (Wildman–Crippen MR) is 264 cm³/mol. The molecule has 9 aromatic rings. The number of aromatic nitrogens is 2. The van der Waals surface area contributed by atoms with Crippen molar-refractivity contribution in [2.75, 3.05) is 0 Å². The molecule has 0 aliphatic rings. The van der Waals surface area contributed by atoms with Crippen molar-refractivity contribution in [1.82, 2.24) is 9.97 Å². The first kappa shape index (κ1) is 48.5. The Labute approximate surface area is 388 Å². The normalized spacial score (nSPS) is 10.5. The average molecular weight is 988 g/mol. The Morgan fingerprint density at radius 1 is 0.333 bits per heavy atom. The van der Waals surface area contributed by atoms with Crippen LogP contribution in [0.5, 0.6) is 0 Å². The molecule has 318 valence electrons. The van der Waals surface area contributed by atoms with Crippen LogP contribution in [-0.4, -0.2) is 17.2 Å². The second-order valence-electron chi connectivity index (χ2n) is 13.6. The van der Waals surface area contributed by atoms with Crippen LogP contribution in [0.2, 0.25) is 0 Å². The molecule has 2 nitrogen and oxygen atoms in total. The first-order valence-corrected chi connectivity index (χ1v) is 23.6. The minimum atomic E-state index is -6.00. The number of hydrogen-bond acceptors (Lipinski definition) is 2. The van der Waals surface area contributed by atoms with E-state index in [0.29, 0.717) is 0 Å². The first-order valence-electron chi connectivity index (χ1n) is 19.8. The van der Waals surface area contributed by atoms with Crippen molar-refractivity contribution in [1.29, 1.82) is 0 Å². The van der Waals surface area contributed by atoms with Gasteiger partial charge < -0.3 is 17.3 Å². The van der Waals surface area contributed by atoms with Gasteiger partial charge in [0.1, 0.15) is 31.8 Å². The molecular formula is C52H43BBrCuF4N2P2+2. The molecule has 2 aromatic heterocycles. The summed E-state index contributed by atoms with van der Waals surface area (Å²) >= 11 is 3.44. The van der Waals surface area contributed by atoms with Crippen LogP contribution >= 0.6 is 31.8 Å². The van der Waals surface area contributed by atoms with Gasteiger partial charge in [0.2, 0.25) is 0 Å². The van der Waals surface area contributed by atoms with Crippen molar-refractivity contribution in [3.05, 3.63) is 253 Å². The van der Waals surface area contributed by atoms with Gasteiger partial charge in [-0.2, -0.15) is 0 Å². The zero-order valence-corrected chi connectivity index (χ0v) is 38.4. The van der Waals surface area contributed by atoms with E-state index in [1.807, 2.05) is 48.5 Å². The smallest absolute Gasteiger partial charge is 0.418 e. The van der Waals surface area contributed by atoms with Gasteiger partial charge in [-0.1, -0.05) is 149 Å². The molecule has 0 spiro atoms. The molecule has 0 fully saturated rings. The maximum atomic E-state index is 9.75. The van der Waals surface area contributed by atoms with Gasteiger partial charge >= 0.3 is 24.3 Å². The third kappa shape index (κ3) is 16.0. The van der Waals surface area contributed by atoms with E-state index in [0.717, 1.165) is 27.1 Å². The zero-order chi connectivity index (χ0) is 43.4. The number of hydrogen-bond donors (Lipinski definition) is 0. The second kappa shape index (κ2) is 25.6. The van der Waals surface area contributed by atoms with E-state index < -0.39 is 23.1 Å². The third-order valence-corrected chi connectivity index (χ3v) is 15.2. The molecule has 63 heavy (non-hydrogen) atoms. The zero-order valence-electron chi connectivity index (χ0n) is 33.8. The molecule has 0 aliphatic heterocycles. The van der Waals surface area contributed by atoms with Gasteiger partial charge in [0.15, 0.2) is 0 Å². The predicted octanol–water partition coefficient (Wildman–Crippen LogP) is 12.2. The Morgan fingerprint density at radius 3 is 0.921 bits per heavy atom. The molecule has 0 amide bonds. The van der Waals surface area contributed by atoms with Crippen LogP contribution in [0.25, 0.3) is 22.6 Å². The summed E-state index contributed by atoms with van der Waals surface area (Å²) in [5.41, 5.74) is 3.83. The monoisotopic (exact) mass is 986 g/mol. The SMILES string of the molecule is Brc1ccc(-c2cccc(-c3ccccn3)n2)cc1.F[B-](F)(F)F.[Cu+].c1ccc([PH+](c2ccccc2)c2ccccc2)cc1.c1ccc([PH+](c2ccccc2)c2ccccc2)cc1. The third-order valence-electron chi connectivity index (χ3n) is 9.19. The van der Waals surface area contributed by atoms with Crippen LogP contribution < -0.4 is 31.8 Å². The van der Waals surface area contributed by atoms with Gasteiger partial charge in [0.25, 0.3) is 0 Å². The van der Waals surface area contributed by atoms with Crippen molar-refractivity contribution < 1.29 is 34.3 Å². The molecule has 0 saturated carbocycles. The summed E-state index contributed by atoms with van der Waals surface area (Å²) in [6.45, 7) is 0. The molecule has 7 aromatic carbocycles. The summed E-state index contributed by atoms with van der Waals surface area (Å²) in [4.78, 5) is 8.99. The summed E-state index contributed by atoms with van der Waals surface area (Å²) in [5, 5.41) is 8.61. The van der Waals surface area contributed by atoms with Gasteiger partial charge in [-0.15, -0.1) is 0 Å². The van der Waals surface area contributed by atoms with Crippen LogP contribution in [0.4, 0.5) is 17.3 Å². The van der Waals surface area contributed by atoms with Crippen molar-refractivity contribution in [3.8, 4) is 22.6 Å². The van der Waals surface area contributed by atoms with Crippen LogP contribution in [0.15, 0.2) is 253 Å². The number of pyridine rings is 2. The fourth-order valence-corrected chi connectivity index (χ4v) is 11.9. The Morgan fingerprint density at radius 2 is 0.619 bits per heavy atom. The van der Waals surface area contributed by atoms with Crippen LogP contribution in [0.1, 0.15) is 0 Å². The van der Waals surface area contributed by atoms with Gasteiger partial charge in [-0.25, -0.2) is 4.98 Å². The molecule has 9 rings (SSSR count). The summed E-state index contributed by atoms with van der Waals surface area (Å²) in [6, 6.07) is 85.0. The summed E-state index contributed by atoms with van der Waals surface area (Å²) in [7, 11) is -7.75. The Bertz CT molecular complexity index is 2310. The van der Waals surface area contributed by atoms with Gasteiger partial charge in [-0.05, 0) is 109 Å². The van der Waals surface area contributed by atoms with E-state index in [9.17, 15) is 17.3 Å². The molecule has 0 saturated heterocycles. The van der Waals surface area contributed by atoms with E-state index in [1.165, 1.54) is 31.8 Å². The van der Waals surface area contributed by atoms with E-state index in [4.69, 9.17) is 0 Å². The van der Waals surface area contributed by atoms with Gasteiger partial charge in [0, 0.05) is 16.2 Å². The first-order chi connectivity index (χ1) is 30.2. The molecule has 0 radical (unpaired) electrons. The largest absolute Gasteiger partial charge is 1.00 e. The van der Waals surface area contributed by atoms with Gasteiger partial charge in [-0.3, -0.25) is 4.98 Å². The number of rotatable bonds is 8. The van der Waals surface area contributed by atoms with Gasteiger partial charge in [0.05, 0.1) is 32.9 Å². The van der Waals surface area contributed by atoms with Crippen molar-refractivity contribution in [3.63, 3.8) is 0 Å². The van der Waals surface area contributed by atoms with Crippen LogP contribution in [-0.2, 0) is 17.1 Å². The average Bonchev–Trinajstić information content (AvgIpc) is 3.32. The Hall–Kier alpha value is -5.52. The fraction of sp³-hybridized carbons (Fsp3) is 0. The molecule has 2 heterocycles. The topological polar surface area (TPSA) is 25.8 Å². The Kier molecular flexibility index (Phi) is 19.7. The molecule has 0 bridgehead atoms. The fourth-order valence-electron chi connectivity index (χ4n) is 6.50. The van der Waals surface area contributed by atoms with Crippen molar-refractivity contribution in [2.45, 2.75) is 0 Å². The second-order valence-corrected chi connectivity index (χ2v) is 19.5. The van der Waals surface area contributed by atoms with E-state index in [2.05, 4.69) is 220 Å². The molecule has 0 N–H and O–H groups in total. The van der Waals surface area contributed by atoms with Crippen molar-refractivity contribution in [2.24, 2.45) is 0 Å².